The van der Waals surface area contributed by atoms with Crippen molar-refractivity contribution in [2.45, 2.75) is 25.3 Å². The van der Waals surface area contributed by atoms with Crippen LogP contribution in [0.2, 0.25) is 5.02 Å². The summed E-state index contributed by atoms with van der Waals surface area (Å²) in [6.07, 6.45) is 3.40. The van der Waals surface area contributed by atoms with E-state index in [1.54, 1.807) is 7.11 Å². The fourth-order valence-electron chi connectivity index (χ4n) is 2.97. The summed E-state index contributed by atoms with van der Waals surface area (Å²) in [5.74, 6) is 0.650. The molecule has 2 aromatic carbocycles. The van der Waals surface area contributed by atoms with Crippen LogP contribution in [0.3, 0.4) is 0 Å². The maximum atomic E-state index is 6.14. The highest BCUT2D eigenvalue weighted by Gasteiger charge is 2.20. The van der Waals surface area contributed by atoms with Gasteiger partial charge in [-0.1, -0.05) is 35.9 Å². The van der Waals surface area contributed by atoms with Crippen LogP contribution < -0.4 is 15.4 Å². The first-order valence-corrected chi connectivity index (χ1v) is 8.45. The summed E-state index contributed by atoms with van der Waals surface area (Å²) in [6, 6.07) is 14.3. The minimum absolute atomic E-state index is 0.258. The molecule has 0 unspecified atom stereocenters. The van der Waals surface area contributed by atoms with Crippen molar-refractivity contribution in [1.82, 2.24) is 5.32 Å². The standard InChI is InChI=1S/C18H19ClN2OS/c1-22-17-10-9-13(11-15(17)19)20-18(23)21-16-8-4-6-12-5-2-3-7-14(12)16/h2-3,5,7,9-11,16H,4,6,8H2,1H3,(H2,20,21,23)/t16-/m0/s1. The van der Waals surface area contributed by atoms with Gasteiger partial charge in [0, 0.05) is 5.69 Å². The van der Waals surface area contributed by atoms with Gasteiger partial charge in [-0.3, -0.25) is 0 Å². The van der Waals surface area contributed by atoms with Crippen LogP contribution in [-0.4, -0.2) is 12.2 Å². The molecular formula is C18H19ClN2OS. The number of thiocarbonyl (C=S) groups is 1. The monoisotopic (exact) mass is 346 g/mol. The zero-order valence-corrected chi connectivity index (χ0v) is 14.5. The van der Waals surface area contributed by atoms with E-state index >= 15 is 0 Å². The number of benzene rings is 2. The number of hydrogen-bond donors (Lipinski definition) is 2. The normalized spacial score (nSPS) is 16.3. The van der Waals surface area contributed by atoms with Gasteiger partial charge >= 0.3 is 0 Å². The molecule has 0 bridgehead atoms. The number of nitrogens with one attached hydrogen (secondary N) is 2. The van der Waals surface area contributed by atoms with E-state index in [1.165, 1.54) is 17.5 Å². The van der Waals surface area contributed by atoms with E-state index < -0.39 is 0 Å². The summed E-state index contributed by atoms with van der Waals surface area (Å²) in [7, 11) is 1.60. The molecule has 23 heavy (non-hydrogen) atoms. The van der Waals surface area contributed by atoms with Crippen LogP contribution >= 0.6 is 23.8 Å². The SMILES string of the molecule is COc1ccc(NC(=S)N[C@H]2CCCc3ccccc32)cc1Cl. The summed E-state index contributed by atoms with van der Waals surface area (Å²) < 4.78 is 5.16. The Hall–Kier alpha value is -1.78. The lowest BCUT2D eigenvalue weighted by Gasteiger charge is -2.27. The number of rotatable bonds is 3. The van der Waals surface area contributed by atoms with Crippen molar-refractivity contribution in [2.24, 2.45) is 0 Å². The molecular weight excluding hydrogens is 328 g/mol. The molecule has 1 aliphatic carbocycles. The number of ether oxygens (including phenoxy) is 1. The molecule has 0 heterocycles. The van der Waals surface area contributed by atoms with Crippen molar-refractivity contribution in [2.75, 3.05) is 12.4 Å². The second kappa shape index (κ2) is 7.20. The van der Waals surface area contributed by atoms with Crippen molar-refractivity contribution in [3.63, 3.8) is 0 Å². The Balaban J connectivity index is 1.67. The molecule has 1 aliphatic rings. The third-order valence-corrected chi connectivity index (χ3v) is 4.60. The van der Waals surface area contributed by atoms with Crippen LogP contribution in [0.1, 0.15) is 30.0 Å². The fraction of sp³-hybridized carbons (Fsp3) is 0.278. The Morgan fingerprint density at radius 1 is 1.26 bits per heavy atom. The molecule has 0 saturated carbocycles. The van der Waals surface area contributed by atoms with Gasteiger partial charge in [-0.15, -0.1) is 0 Å². The summed E-state index contributed by atoms with van der Waals surface area (Å²) in [5, 5.41) is 7.77. The molecule has 0 radical (unpaired) electrons. The van der Waals surface area contributed by atoms with Gasteiger partial charge in [0.1, 0.15) is 5.75 Å². The second-order valence-electron chi connectivity index (χ2n) is 5.59. The summed E-state index contributed by atoms with van der Waals surface area (Å²) in [4.78, 5) is 0. The Morgan fingerprint density at radius 2 is 2.09 bits per heavy atom. The van der Waals surface area contributed by atoms with E-state index in [9.17, 15) is 0 Å². The smallest absolute Gasteiger partial charge is 0.171 e. The number of methoxy groups -OCH3 is 1. The Kier molecular flexibility index (Phi) is 5.03. The molecule has 0 aromatic heterocycles. The molecule has 0 saturated heterocycles. The van der Waals surface area contributed by atoms with Gasteiger partial charge in [0.05, 0.1) is 18.2 Å². The van der Waals surface area contributed by atoms with E-state index in [0.29, 0.717) is 15.9 Å². The zero-order chi connectivity index (χ0) is 16.2. The molecule has 3 nitrogen and oxygen atoms in total. The average Bonchev–Trinajstić information content (AvgIpc) is 2.55. The predicted molar refractivity (Wildman–Crippen MR) is 99.5 cm³/mol. The predicted octanol–water partition coefficient (Wildman–Crippen LogP) is 4.71. The van der Waals surface area contributed by atoms with Crippen molar-refractivity contribution in [1.29, 1.82) is 0 Å². The Labute approximate surface area is 147 Å². The van der Waals surface area contributed by atoms with Crippen molar-refractivity contribution < 1.29 is 4.74 Å². The Morgan fingerprint density at radius 3 is 2.87 bits per heavy atom. The van der Waals surface area contributed by atoms with E-state index in [1.807, 2.05) is 18.2 Å². The molecule has 2 aromatic rings. The van der Waals surface area contributed by atoms with Crippen molar-refractivity contribution in [3.8, 4) is 5.75 Å². The highest BCUT2D eigenvalue weighted by Crippen LogP contribution is 2.30. The van der Waals surface area contributed by atoms with E-state index in [4.69, 9.17) is 28.6 Å². The largest absolute Gasteiger partial charge is 0.495 e. The molecule has 120 valence electrons. The van der Waals surface area contributed by atoms with Gasteiger partial charge in [0.2, 0.25) is 0 Å². The topological polar surface area (TPSA) is 33.3 Å². The second-order valence-corrected chi connectivity index (χ2v) is 6.41. The van der Waals surface area contributed by atoms with Crippen LogP contribution in [0.5, 0.6) is 5.75 Å². The number of halogens is 1. The number of aryl methyl sites for hydroxylation is 1. The highest BCUT2D eigenvalue weighted by molar-refractivity contribution is 7.80. The average molecular weight is 347 g/mol. The number of fused-ring (bicyclic) bond motifs is 1. The van der Waals surface area contributed by atoms with Crippen LogP contribution in [0, 0.1) is 0 Å². The van der Waals surface area contributed by atoms with Gasteiger partial charge < -0.3 is 15.4 Å². The van der Waals surface area contributed by atoms with Crippen LogP contribution in [0.25, 0.3) is 0 Å². The van der Waals surface area contributed by atoms with Gasteiger partial charge in [-0.05, 0) is 60.8 Å². The zero-order valence-electron chi connectivity index (χ0n) is 12.9. The van der Waals surface area contributed by atoms with Gasteiger partial charge in [-0.2, -0.15) is 0 Å². The van der Waals surface area contributed by atoms with E-state index in [0.717, 1.165) is 18.5 Å². The summed E-state index contributed by atoms with van der Waals surface area (Å²) in [6.45, 7) is 0. The maximum Gasteiger partial charge on any atom is 0.171 e. The lowest BCUT2D eigenvalue weighted by atomic mass is 9.88. The minimum atomic E-state index is 0.258. The third-order valence-electron chi connectivity index (χ3n) is 4.08. The molecule has 5 heteroatoms. The third kappa shape index (κ3) is 3.77. The number of hydrogen-bond acceptors (Lipinski definition) is 2. The molecule has 0 amide bonds. The van der Waals surface area contributed by atoms with Gasteiger partial charge in [-0.25, -0.2) is 0 Å². The lowest BCUT2D eigenvalue weighted by molar-refractivity contribution is 0.415. The summed E-state index contributed by atoms with van der Waals surface area (Å²) in [5.41, 5.74) is 3.60. The first-order valence-electron chi connectivity index (χ1n) is 7.66. The van der Waals surface area contributed by atoms with E-state index in [-0.39, 0.29) is 6.04 Å². The van der Waals surface area contributed by atoms with Crippen LogP contribution in [0.15, 0.2) is 42.5 Å². The van der Waals surface area contributed by atoms with Crippen molar-refractivity contribution in [3.05, 3.63) is 58.6 Å². The quantitative estimate of drug-likeness (QED) is 0.788. The molecule has 0 aliphatic heterocycles. The Bertz CT molecular complexity index is 720. The van der Waals surface area contributed by atoms with Crippen LogP contribution in [-0.2, 0) is 6.42 Å². The first kappa shape index (κ1) is 16.1. The van der Waals surface area contributed by atoms with Crippen molar-refractivity contribution >= 4 is 34.6 Å². The van der Waals surface area contributed by atoms with Gasteiger partial charge in [0.15, 0.2) is 5.11 Å². The maximum absolute atomic E-state index is 6.14. The molecule has 1 atom stereocenters. The lowest BCUT2D eigenvalue weighted by Crippen LogP contribution is -2.34. The minimum Gasteiger partial charge on any atom is -0.495 e. The molecule has 2 N–H and O–H groups in total. The molecule has 3 rings (SSSR count). The van der Waals surface area contributed by atoms with Gasteiger partial charge in [0.25, 0.3) is 0 Å². The van der Waals surface area contributed by atoms with Crippen LogP contribution in [0.4, 0.5) is 5.69 Å². The number of anilines is 1. The van der Waals surface area contributed by atoms with E-state index in [2.05, 4.69) is 34.9 Å². The fourth-order valence-corrected chi connectivity index (χ4v) is 3.49. The summed E-state index contributed by atoms with van der Waals surface area (Å²) >= 11 is 11.6. The molecule has 0 spiro atoms. The first-order chi connectivity index (χ1) is 11.2. The molecule has 0 fully saturated rings. The highest BCUT2D eigenvalue weighted by atomic mass is 35.5.